The van der Waals surface area contributed by atoms with Crippen molar-refractivity contribution in [2.75, 3.05) is 6.61 Å². The third kappa shape index (κ3) is 3.75. The summed E-state index contributed by atoms with van der Waals surface area (Å²) in [5.74, 6) is -0.523. The summed E-state index contributed by atoms with van der Waals surface area (Å²) in [5.41, 5.74) is -1.61. The van der Waals surface area contributed by atoms with Crippen LogP contribution in [0.25, 0.3) is 0 Å². The standard InChI is InChI=1S/C13H18F3N3O2/c1-19-6-10(11(18-19)13(14,15)16)12(21)17-9-4-2-8(7-20)3-5-9/h6,8-9,20H,2-5,7H2,1H3,(H,17,21). The Morgan fingerprint density at radius 2 is 2.05 bits per heavy atom. The van der Waals surface area contributed by atoms with Crippen LogP contribution in [0.5, 0.6) is 0 Å². The Morgan fingerprint density at radius 3 is 2.57 bits per heavy atom. The Kier molecular flexibility index (Phi) is 4.55. The third-order valence-corrected chi connectivity index (χ3v) is 3.78. The van der Waals surface area contributed by atoms with E-state index >= 15 is 0 Å². The molecule has 1 aliphatic rings. The Labute approximate surface area is 120 Å². The average Bonchev–Trinajstić information content (AvgIpc) is 2.82. The van der Waals surface area contributed by atoms with Crippen molar-refractivity contribution in [2.24, 2.45) is 13.0 Å². The molecule has 0 bridgehead atoms. The van der Waals surface area contributed by atoms with Gasteiger partial charge in [-0.1, -0.05) is 0 Å². The predicted molar refractivity (Wildman–Crippen MR) is 68.5 cm³/mol. The van der Waals surface area contributed by atoms with Crippen molar-refractivity contribution in [1.82, 2.24) is 15.1 Å². The molecule has 1 saturated carbocycles. The summed E-state index contributed by atoms with van der Waals surface area (Å²) in [5, 5.41) is 15.0. The minimum Gasteiger partial charge on any atom is -0.396 e. The maximum Gasteiger partial charge on any atom is 0.435 e. The van der Waals surface area contributed by atoms with E-state index in [1.54, 1.807) is 0 Å². The van der Waals surface area contributed by atoms with Gasteiger partial charge in [-0.2, -0.15) is 18.3 Å². The van der Waals surface area contributed by atoms with Gasteiger partial charge in [0.25, 0.3) is 5.91 Å². The van der Waals surface area contributed by atoms with Crippen molar-refractivity contribution in [1.29, 1.82) is 0 Å². The first kappa shape index (κ1) is 15.8. The summed E-state index contributed by atoms with van der Waals surface area (Å²) in [6, 6.07) is -0.151. The average molecular weight is 305 g/mol. The first-order chi connectivity index (χ1) is 9.81. The van der Waals surface area contributed by atoms with Crippen molar-refractivity contribution in [3.8, 4) is 0 Å². The van der Waals surface area contributed by atoms with Gasteiger partial charge in [0.1, 0.15) is 0 Å². The monoisotopic (exact) mass is 305 g/mol. The lowest BCUT2D eigenvalue weighted by molar-refractivity contribution is -0.141. The molecule has 1 fully saturated rings. The van der Waals surface area contributed by atoms with E-state index in [2.05, 4.69) is 10.4 Å². The summed E-state index contributed by atoms with van der Waals surface area (Å²) in [6.07, 6.45) is -0.710. The van der Waals surface area contributed by atoms with E-state index in [1.807, 2.05) is 0 Å². The van der Waals surface area contributed by atoms with Gasteiger partial charge in [-0.3, -0.25) is 9.48 Å². The molecule has 118 valence electrons. The van der Waals surface area contributed by atoms with Crippen LogP contribution in [0.2, 0.25) is 0 Å². The molecule has 0 aliphatic heterocycles. The highest BCUT2D eigenvalue weighted by Crippen LogP contribution is 2.31. The number of hydrogen-bond acceptors (Lipinski definition) is 3. The summed E-state index contributed by atoms with van der Waals surface area (Å²) in [4.78, 5) is 12.0. The fourth-order valence-corrected chi connectivity index (χ4v) is 2.62. The lowest BCUT2D eigenvalue weighted by Gasteiger charge is -2.27. The zero-order valence-corrected chi connectivity index (χ0v) is 11.7. The van der Waals surface area contributed by atoms with E-state index in [0.717, 1.165) is 23.7 Å². The van der Waals surface area contributed by atoms with Crippen molar-refractivity contribution in [3.05, 3.63) is 17.5 Å². The first-order valence-electron chi connectivity index (χ1n) is 6.83. The number of amides is 1. The van der Waals surface area contributed by atoms with Crippen LogP contribution in [-0.2, 0) is 13.2 Å². The molecule has 1 aromatic heterocycles. The third-order valence-electron chi connectivity index (χ3n) is 3.78. The second-order valence-corrected chi connectivity index (χ2v) is 5.44. The summed E-state index contributed by atoms with van der Waals surface area (Å²) < 4.78 is 39.4. The predicted octanol–water partition coefficient (Wildman–Crippen LogP) is 1.72. The number of rotatable bonds is 3. The number of nitrogens with one attached hydrogen (secondary N) is 1. The lowest BCUT2D eigenvalue weighted by atomic mass is 9.86. The fraction of sp³-hybridized carbons (Fsp3) is 0.692. The van der Waals surface area contributed by atoms with Gasteiger partial charge < -0.3 is 10.4 Å². The van der Waals surface area contributed by atoms with Crippen LogP contribution in [0, 0.1) is 5.92 Å². The van der Waals surface area contributed by atoms with Crippen molar-refractivity contribution in [3.63, 3.8) is 0 Å². The molecule has 2 rings (SSSR count). The van der Waals surface area contributed by atoms with Gasteiger partial charge in [0.2, 0.25) is 0 Å². The van der Waals surface area contributed by atoms with Gasteiger partial charge in [-0.25, -0.2) is 0 Å². The minimum absolute atomic E-state index is 0.113. The van der Waals surface area contributed by atoms with Gasteiger partial charge in [-0.15, -0.1) is 0 Å². The number of alkyl halides is 3. The number of aryl methyl sites for hydroxylation is 1. The number of hydrogen-bond donors (Lipinski definition) is 2. The molecule has 0 atom stereocenters. The van der Waals surface area contributed by atoms with Crippen LogP contribution in [0.15, 0.2) is 6.20 Å². The number of carbonyl (C=O) groups is 1. The van der Waals surface area contributed by atoms with E-state index in [9.17, 15) is 18.0 Å². The second-order valence-electron chi connectivity index (χ2n) is 5.44. The molecule has 1 heterocycles. The second kappa shape index (κ2) is 6.05. The molecule has 2 N–H and O–H groups in total. The fourth-order valence-electron chi connectivity index (χ4n) is 2.62. The molecule has 0 spiro atoms. The Bertz CT molecular complexity index is 505. The Balaban J connectivity index is 2.04. The topological polar surface area (TPSA) is 67.2 Å². The van der Waals surface area contributed by atoms with Gasteiger partial charge in [0.15, 0.2) is 5.69 Å². The number of aliphatic hydroxyl groups is 1. The van der Waals surface area contributed by atoms with Gasteiger partial charge in [-0.05, 0) is 31.6 Å². The summed E-state index contributed by atoms with van der Waals surface area (Å²) in [6.45, 7) is 0.113. The van der Waals surface area contributed by atoms with Crippen molar-refractivity contribution >= 4 is 5.91 Å². The molecular weight excluding hydrogens is 287 g/mol. The largest absolute Gasteiger partial charge is 0.435 e. The molecule has 1 aliphatic carbocycles. The maximum atomic E-state index is 12.8. The van der Waals surface area contributed by atoms with E-state index in [4.69, 9.17) is 5.11 Å². The number of carbonyl (C=O) groups excluding carboxylic acids is 1. The number of aliphatic hydroxyl groups excluding tert-OH is 1. The van der Waals surface area contributed by atoms with E-state index < -0.39 is 23.3 Å². The molecule has 0 radical (unpaired) electrons. The molecule has 5 nitrogen and oxygen atoms in total. The summed E-state index contributed by atoms with van der Waals surface area (Å²) >= 11 is 0. The number of aromatic nitrogens is 2. The molecule has 8 heteroatoms. The van der Waals surface area contributed by atoms with E-state index in [1.165, 1.54) is 7.05 Å². The molecule has 0 aromatic carbocycles. The van der Waals surface area contributed by atoms with Crippen molar-refractivity contribution in [2.45, 2.75) is 37.9 Å². The normalized spacial score (nSPS) is 23.1. The zero-order valence-electron chi connectivity index (χ0n) is 11.7. The Hall–Kier alpha value is -1.57. The minimum atomic E-state index is -4.65. The number of halogens is 3. The quantitative estimate of drug-likeness (QED) is 0.893. The zero-order chi connectivity index (χ0) is 15.6. The highest BCUT2D eigenvalue weighted by molar-refractivity contribution is 5.95. The van der Waals surface area contributed by atoms with Gasteiger partial charge in [0.05, 0.1) is 5.56 Å². The smallest absolute Gasteiger partial charge is 0.396 e. The molecule has 0 saturated heterocycles. The molecule has 1 aromatic rings. The molecule has 21 heavy (non-hydrogen) atoms. The van der Waals surface area contributed by atoms with Crippen LogP contribution in [0.4, 0.5) is 13.2 Å². The van der Waals surface area contributed by atoms with E-state index in [0.29, 0.717) is 12.8 Å². The van der Waals surface area contributed by atoms with Crippen LogP contribution in [0.3, 0.4) is 0 Å². The van der Waals surface area contributed by atoms with Gasteiger partial charge >= 0.3 is 6.18 Å². The highest BCUT2D eigenvalue weighted by Gasteiger charge is 2.39. The SMILES string of the molecule is Cn1cc(C(=O)NC2CCC(CO)CC2)c(C(F)(F)F)n1. The first-order valence-corrected chi connectivity index (χ1v) is 6.83. The highest BCUT2D eigenvalue weighted by atomic mass is 19.4. The van der Waals surface area contributed by atoms with E-state index in [-0.39, 0.29) is 18.6 Å². The summed E-state index contributed by atoms with van der Waals surface area (Å²) in [7, 11) is 1.35. The Morgan fingerprint density at radius 1 is 1.43 bits per heavy atom. The molecule has 1 amide bonds. The van der Waals surface area contributed by atoms with Gasteiger partial charge in [0, 0.05) is 25.9 Å². The molecule has 0 unspecified atom stereocenters. The molecular formula is C13H18F3N3O2. The van der Waals surface area contributed by atoms with Crippen molar-refractivity contribution < 1.29 is 23.1 Å². The van der Waals surface area contributed by atoms with Crippen LogP contribution >= 0.6 is 0 Å². The van der Waals surface area contributed by atoms with Crippen LogP contribution in [-0.4, -0.2) is 33.4 Å². The van der Waals surface area contributed by atoms with Crippen LogP contribution < -0.4 is 5.32 Å². The maximum absolute atomic E-state index is 12.8. The lowest BCUT2D eigenvalue weighted by Crippen LogP contribution is -2.38. The van der Waals surface area contributed by atoms with Crippen LogP contribution in [0.1, 0.15) is 41.7 Å². The number of nitrogens with zero attached hydrogens (tertiary/aromatic N) is 2.